The predicted octanol–water partition coefficient (Wildman–Crippen LogP) is 1.36. The molecule has 0 aromatic carbocycles. The second-order valence-corrected chi connectivity index (χ2v) is 5.11. The molecule has 0 aromatic rings. The van der Waals surface area contributed by atoms with E-state index in [-0.39, 0.29) is 5.92 Å². The van der Waals surface area contributed by atoms with Crippen molar-refractivity contribution in [2.24, 2.45) is 11.8 Å². The van der Waals surface area contributed by atoms with Crippen LogP contribution >= 0.6 is 0 Å². The van der Waals surface area contributed by atoms with Gasteiger partial charge in [-0.1, -0.05) is 13.0 Å². The van der Waals surface area contributed by atoms with Gasteiger partial charge in [0, 0.05) is 38.1 Å². The lowest BCUT2D eigenvalue weighted by Crippen LogP contribution is -2.36. The van der Waals surface area contributed by atoms with Crippen molar-refractivity contribution in [2.75, 3.05) is 26.2 Å². The maximum atomic E-state index is 12.1. The number of nitrogens with zero attached hydrogens (tertiary/aromatic N) is 2. The molecule has 2 aliphatic rings. The van der Waals surface area contributed by atoms with E-state index in [1.807, 2.05) is 11.0 Å². The van der Waals surface area contributed by atoms with Gasteiger partial charge in [0.15, 0.2) is 0 Å². The zero-order valence-corrected chi connectivity index (χ0v) is 10.4. The summed E-state index contributed by atoms with van der Waals surface area (Å²) in [4.78, 5) is 16.5. The first-order valence-corrected chi connectivity index (χ1v) is 6.31. The lowest BCUT2D eigenvalue weighted by atomic mass is 10.0. The van der Waals surface area contributed by atoms with E-state index in [4.69, 9.17) is 0 Å². The molecule has 0 aliphatic carbocycles. The second-order valence-electron chi connectivity index (χ2n) is 5.11. The van der Waals surface area contributed by atoms with Crippen LogP contribution in [0.2, 0.25) is 0 Å². The molecule has 3 nitrogen and oxygen atoms in total. The summed E-state index contributed by atoms with van der Waals surface area (Å²) in [5, 5.41) is 0. The van der Waals surface area contributed by atoms with Gasteiger partial charge in [0.25, 0.3) is 0 Å². The van der Waals surface area contributed by atoms with E-state index in [9.17, 15) is 4.79 Å². The largest absolute Gasteiger partial charge is 0.338 e. The monoisotopic (exact) mass is 222 g/mol. The lowest BCUT2D eigenvalue weighted by Gasteiger charge is -2.25. The molecule has 3 atom stereocenters. The summed E-state index contributed by atoms with van der Waals surface area (Å²) in [5.74, 6) is 1.16. The molecule has 16 heavy (non-hydrogen) atoms. The van der Waals surface area contributed by atoms with E-state index >= 15 is 0 Å². The third-order valence-electron chi connectivity index (χ3n) is 4.12. The average Bonchev–Trinajstić information content (AvgIpc) is 2.80. The summed E-state index contributed by atoms with van der Waals surface area (Å²) in [6.45, 7) is 11.9. The molecule has 1 amide bonds. The lowest BCUT2D eigenvalue weighted by molar-refractivity contribution is -0.130. The minimum atomic E-state index is 0.258. The Kier molecular flexibility index (Phi) is 3.33. The molecule has 2 aliphatic heterocycles. The van der Waals surface area contributed by atoms with Crippen molar-refractivity contribution in [3.63, 3.8) is 0 Å². The molecule has 90 valence electrons. The molecule has 0 bridgehead atoms. The van der Waals surface area contributed by atoms with E-state index in [1.165, 1.54) is 6.42 Å². The van der Waals surface area contributed by atoms with E-state index in [0.29, 0.717) is 17.9 Å². The van der Waals surface area contributed by atoms with Crippen molar-refractivity contribution in [1.82, 2.24) is 9.80 Å². The van der Waals surface area contributed by atoms with Crippen LogP contribution in [0.5, 0.6) is 0 Å². The van der Waals surface area contributed by atoms with Gasteiger partial charge in [-0.05, 0) is 13.3 Å². The molecule has 0 saturated carbocycles. The molecular formula is C13H22N2O. The first kappa shape index (κ1) is 11.6. The minimum Gasteiger partial charge on any atom is -0.338 e. The van der Waals surface area contributed by atoms with Crippen LogP contribution < -0.4 is 0 Å². The fraction of sp³-hybridized carbons (Fsp3) is 0.769. The maximum Gasteiger partial charge on any atom is 0.227 e. The van der Waals surface area contributed by atoms with Crippen LogP contribution in [0.25, 0.3) is 0 Å². The molecular weight excluding hydrogens is 200 g/mol. The van der Waals surface area contributed by atoms with E-state index < -0.39 is 0 Å². The summed E-state index contributed by atoms with van der Waals surface area (Å²) < 4.78 is 0. The number of fused-ring (bicyclic) bond motifs is 1. The van der Waals surface area contributed by atoms with Gasteiger partial charge in [-0.15, -0.1) is 6.58 Å². The maximum absolute atomic E-state index is 12.1. The third-order valence-corrected chi connectivity index (χ3v) is 4.12. The fourth-order valence-electron chi connectivity index (χ4n) is 2.92. The van der Waals surface area contributed by atoms with Crippen molar-refractivity contribution in [3.8, 4) is 0 Å². The van der Waals surface area contributed by atoms with Gasteiger partial charge >= 0.3 is 0 Å². The molecule has 2 fully saturated rings. The van der Waals surface area contributed by atoms with Crippen LogP contribution in [0.15, 0.2) is 12.7 Å². The molecule has 2 saturated heterocycles. The number of rotatable bonds is 4. The Hall–Kier alpha value is -0.830. The SMILES string of the molecule is C=CCN1C[C@@H]2CN([C@@H](C)CC)C[C@@H]2C1=O. The Balaban J connectivity index is 1.97. The number of hydrogen-bond acceptors (Lipinski definition) is 2. The van der Waals surface area contributed by atoms with Crippen LogP contribution in [-0.4, -0.2) is 47.9 Å². The molecule has 3 heteroatoms. The first-order valence-electron chi connectivity index (χ1n) is 6.31. The van der Waals surface area contributed by atoms with Gasteiger partial charge in [-0.3, -0.25) is 9.69 Å². The summed E-state index contributed by atoms with van der Waals surface area (Å²) in [6.07, 6.45) is 3.00. The summed E-state index contributed by atoms with van der Waals surface area (Å²) >= 11 is 0. The normalized spacial score (nSPS) is 31.9. The number of amides is 1. The summed E-state index contributed by atoms with van der Waals surface area (Å²) in [5.41, 5.74) is 0. The minimum absolute atomic E-state index is 0.258. The highest BCUT2D eigenvalue weighted by molar-refractivity contribution is 5.82. The zero-order chi connectivity index (χ0) is 11.7. The quantitative estimate of drug-likeness (QED) is 0.671. The predicted molar refractivity (Wildman–Crippen MR) is 65.1 cm³/mol. The molecule has 0 aromatic heterocycles. The van der Waals surface area contributed by atoms with Gasteiger partial charge in [-0.25, -0.2) is 0 Å². The van der Waals surface area contributed by atoms with E-state index in [0.717, 1.165) is 26.2 Å². The van der Waals surface area contributed by atoms with Crippen LogP contribution in [0, 0.1) is 11.8 Å². The molecule has 0 unspecified atom stereocenters. The highest BCUT2D eigenvalue weighted by atomic mass is 16.2. The van der Waals surface area contributed by atoms with Crippen LogP contribution in [0.4, 0.5) is 0 Å². The van der Waals surface area contributed by atoms with Crippen LogP contribution in [0.1, 0.15) is 20.3 Å². The van der Waals surface area contributed by atoms with Crippen molar-refractivity contribution in [2.45, 2.75) is 26.3 Å². The Morgan fingerprint density at radius 1 is 1.50 bits per heavy atom. The molecule has 2 heterocycles. The zero-order valence-electron chi connectivity index (χ0n) is 10.4. The van der Waals surface area contributed by atoms with Crippen molar-refractivity contribution in [3.05, 3.63) is 12.7 Å². The smallest absolute Gasteiger partial charge is 0.227 e. The third kappa shape index (κ3) is 1.88. The van der Waals surface area contributed by atoms with E-state index in [1.54, 1.807) is 0 Å². The Morgan fingerprint density at radius 3 is 2.81 bits per heavy atom. The number of likely N-dealkylation sites (tertiary alicyclic amines) is 2. The fourth-order valence-corrected chi connectivity index (χ4v) is 2.92. The van der Waals surface area contributed by atoms with Gasteiger partial charge in [0.1, 0.15) is 0 Å². The second kappa shape index (κ2) is 4.58. The molecule has 0 spiro atoms. The van der Waals surface area contributed by atoms with Gasteiger partial charge in [0.2, 0.25) is 5.91 Å². The standard InChI is InChI=1S/C13H22N2O/c1-4-6-14-7-11-8-15(10(3)5-2)9-12(11)13(14)16/h4,10-12H,1,5-9H2,2-3H3/t10-,11+,12-/m0/s1. The van der Waals surface area contributed by atoms with E-state index in [2.05, 4.69) is 25.3 Å². The van der Waals surface area contributed by atoms with Gasteiger partial charge < -0.3 is 4.90 Å². The van der Waals surface area contributed by atoms with Gasteiger partial charge in [-0.2, -0.15) is 0 Å². The average molecular weight is 222 g/mol. The summed E-state index contributed by atoms with van der Waals surface area (Å²) in [6, 6.07) is 0.617. The highest BCUT2D eigenvalue weighted by Gasteiger charge is 2.46. The van der Waals surface area contributed by atoms with Crippen LogP contribution in [0.3, 0.4) is 0 Å². The van der Waals surface area contributed by atoms with Crippen LogP contribution in [-0.2, 0) is 4.79 Å². The van der Waals surface area contributed by atoms with Crippen molar-refractivity contribution in [1.29, 1.82) is 0 Å². The Morgan fingerprint density at radius 2 is 2.25 bits per heavy atom. The topological polar surface area (TPSA) is 23.6 Å². The molecule has 0 N–H and O–H groups in total. The summed E-state index contributed by atoms with van der Waals surface area (Å²) in [7, 11) is 0. The molecule has 0 radical (unpaired) electrons. The number of hydrogen-bond donors (Lipinski definition) is 0. The number of carbonyl (C=O) groups is 1. The Labute approximate surface area is 98.1 Å². The van der Waals surface area contributed by atoms with Gasteiger partial charge in [0.05, 0.1) is 5.92 Å². The molecule has 2 rings (SSSR count). The van der Waals surface area contributed by atoms with Crippen molar-refractivity contribution < 1.29 is 4.79 Å². The van der Waals surface area contributed by atoms with Crippen molar-refractivity contribution >= 4 is 5.91 Å². The highest BCUT2D eigenvalue weighted by Crippen LogP contribution is 2.33. The number of carbonyl (C=O) groups excluding carboxylic acids is 1. The first-order chi connectivity index (χ1) is 7.67. The Bertz CT molecular complexity index is 290.